The standard InChI is InChI=1S/C26H34N2O4.2C4H8/c1-7-14-10-13(2)17-18(14)22(30)27(21(17)29)25(3,4)12-26(5,6)28-23(31)19-15-8-9-16(11-15)20(19)24(28)32;2*1-3-4-2/h7-9,13-20H,1,10-12H2,2-6H3;2*3H,1,4H2,2H3. The normalized spacial score (nSPS) is 33.8. The first kappa shape index (κ1) is 31.8. The van der Waals surface area contributed by atoms with Crippen LogP contribution in [-0.4, -0.2) is 44.5 Å². The zero-order valence-corrected chi connectivity index (χ0v) is 25.7. The molecule has 0 spiro atoms. The van der Waals surface area contributed by atoms with Crippen LogP contribution in [0.4, 0.5) is 0 Å². The quantitative estimate of drug-likeness (QED) is 0.273. The molecule has 8 unspecified atom stereocenters. The number of amides is 4. The highest BCUT2D eigenvalue weighted by Gasteiger charge is 2.64. The SMILES string of the molecule is C=CC1CC(C)C2C(=O)N(C(C)(C)CC(C)(C)N3C(=O)C4C5C=CC(C5)C4C3=O)C(=O)C12.C=CCC.C=CCC. The predicted molar refractivity (Wildman–Crippen MR) is 160 cm³/mol. The molecule has 0 aromatic rings. The van der Waals surface area contributed by atoms with E-state index in [9.17, 15) is 19.2 Å². The summed E-state index contributed by atoms with van der Waals surface area (Å²) in [6.45, 7) is 24.6. The Labute approximate surface area is 241 Å². The van der Waals surface area contributed by atoms with Crippen LogP contribution in [0, 0.1) is 47.3 Å². The first-order valence-corrected chi connectivity index (χ1v) is 15.0. The molecule has 8 atom stereocenters. The average molecular weight is 551 g/mol. The van der Waals surface area contributed by atoms with Gasteiger partial charge in [0.2, 0.25) is 23.6 Å². The van der Waals surface area contributed by atoms with E-state index in [1.54, 1.807) is 0 Å². The fourth-order valence-electron chi connectivity index (χ4n) is 8.04. The molecule has 0 radical (unpaired) electrons. The first-order chi connectivity index (χ1) is 18.7. The highest BCUT2D eigenvalue weighted by Crippen LogP contribution is 2.55. The largest absolute Gasteiger partial charge is 0.276 e. The first-order valence-electron chi connectivity index (χ1n) is 15.0. The van der Waals surface area contributed by atoms with Crippen LogP contribution in [0.2, 0.25) is 0 Å². The molecule has 4 fully saturated rings. The van der Waals surface area contributed by atoms with Crippen molar-refractivity contribution >= 4 is 23.6 Å². The zero-order chi connectivity index (χ0) is 30.2. The fraction of sp³-hybridized carbons (Fsp3) is 0.647. The number of imide groups is 2. The predicted octanol–water partition coefficient (Wildman–Crippen LogP) is 6.35. The number of hydrogen-bond donors (Lipinski definition) is 0. The summed E-state index contributed by atoms with van der Waals surface area (Å²) in [4.78, 5) is 56.5. The summed E-state index contributed by atoms with van der Waals surface area (Å²) in [5, 5.41) is 0. The summed E-state index contributed by atoms with van der Waals surface area (Å²) in [7, 11) is 0. The van der Waals surface area contributed by atoms with Crippen LogP contribution in [-0.2, 0) is 19.2 Å². The maximum atomic E-state index is 13.5. The van der Waals surface area contributed by atoms with E-state index in [1.165, 1.54) is 9.80 Å². The third-order valence-corrected chi connectivity index (χ3v) is 9.54. The lowest BCUT2D eigenvalue weighted by molar-refractivity contribution is -0.151. The molecule has 5 rings (SSSR count). The number of carbonyl (C=O) groups is 4. The maximum Gasteiger partial charge on any atom is 0.234 e. The van der Waals surface area contributed by atoms with Gasteiger partial charge in [-0.05, 0) is 83.5 Å². The van der Waals surface area contributed by atoms with E-state index in [4.69, 9.17) is 0 Å². The number of fused-ring (bicyclic) bond motifs is 6. The van der Waals surface area contributed by atoms with Crippen molar-refractivity contribution in [1.82, 2.24) is 9.80 Å². The summed E-state index contributed by atoms with van der Waals surface area (Å²) >= 11 is 0. The lowest BCUT2D eigenvalue weighted by Gasteiger charge is -2.44. The van der Waals surface area contributed by atoms with Crippen LogP contribution >= 0.6 is 0 Å². The fourth-order valence-corrected chi connectivity index (χ4v) is 8.04. The minimum Gasteiger partial charge on any atom is -0.276 e. The van der Waals surface area contributed by atoms with Crippen molar-refractivity contribution in [3.05, 3.63) is 50.1 Å². The van der Waals surface area contributed by atoms with Crippen molar-refractivity contribution in [2.75, 3.05) is 0 Å². The number of rotatable bonds is 7. The van der Waals surface area contributed by atoms with Gasteiger partial charge in [-0.3, -0.25) is 29.0 Å². The van der Waals surface area contributed by atoms with E-state index in [2.05, 4.69) is 45.7 Å². The highest BCUT2D eigenvalue weighted by molar-refractivity contribution is 6.08. The molecule has 2 aliphatic heterocycles. The van der Waals surface area contributed by atoms with Crippen molar-refractivity contribution in [2.45, 2.75) is 91.6 Å². The van der Waals surface area contributed by atoms with Crippen LogP contribution in [0.3, 0.4) is 0 Å². The van der Waals surface area contributed by atoms with E-state index < -0.39 is 11.1 Å². The van der Waals surface area contributed by atoms with Crippen LogP contribution in [0.25, 0.3) is 0 Å². The summed E-state index contributed by atoms with van der Waals surface area (Å²) in [5.74, 6) is -1.08. The van der Waals surface area contributed by atoms with E-state index in [0.29, 0.717) is 6.42 Å². The van der Waals surface area contributed by atoms with E-state index in [1.807, 2.05) is 52.8 Å². The molecule has 0 N–H and O–H groups in total. The van der Waals surface area contributed by atoms with E-state index in [-0.39, 0.29) is 71.0 Å². The van der Waals surface area contributed by atoms with Gasteiger partial charge in [0.15, 0.2) is 0 Å². The molecule has 2 saturated heterocycles. The lowest BCUT2D eigenvalue weighted by atomic mass is 9.83. The molecule has 2 heterocycles. The topological polar surface area (TPSA) is 74.8 Å². The Bertz CT molecular complexity index is 1050. The number of carbonyl (C=O) groups excluding carboxylic acids is 4. The average Bonchev–Trinajstić information content (AvgIpc) is 3.68. The molecule has 6 heteroatoms. The Morgan fingerprint density at radius 3 is 1.48 bits per heavy atom. The molecule has 0 aromatic heterocycles. The molecule has 220 valence electrons. The molecule has 40 heavy (non-hydrogen) atoms. The van der Waals surface area contributed by atoms with Gasteiger partial charge in [0, 0.05) is 11.1 Å². The van der Waals surface area contributed by atoms with Crippen molar-refractivity contribution in [1.29, 1.82) is 0 Å². The van der Waals surface area contributed by atoms with Crippen molar-refractivity contribution < 1.29 is 19.2 Å². The van der Waals surface area contributed by atoms with Gasteiger partial charge in [0.05, 0.1) is 23.7 Å². The molecule has 2 saturated carbocycles. The van der Waals surface area contributed by atoms with Gasteiger partial charge in [-0.1, -0.05) is 51.2 Å². The summed E-state index contributed by atoms with van der Waals surface area (Å²) < 4.78 is 0. The van der Waals surface area contributed by atoms with Gasteiger partial charge in [-0.25, -0.2) is 0 Å². The smallest absolute Gasteiger partial charge is 0.234 e. The Morgan fingerprint density at radius 1 is 0.725 bits per heavy atom. The number of likely N-dealkylation sites (tertiary alicyclic amines) is 2. The van der Waals surface area contributed by atoms with Crippen molar-refractivity contribution in [3.63, 3.8) is 0 Å². The van der Waals surface area contributed by atoms with Gasteiger partial charge < -0.3 is 0 Å². The molecule has 3 aliphatic carbocycles. The van der Waals surface area contributed by atoms with Crippen molar-refractivity contribution in [2.24, 2.45) is 47.3 Å². The molecular weight excluding hydrogens is 500 g/mol. The summed E-state index contributed by atoms with van der Waals surface area (Å²) in [6.07, 6.45) is 14.0. The minimum absolute atomic E-state index is 0.0179. The number of nitrogens with zero attached hydrogens (tertiary/aromatic N) is 2. The molecule has 0 aromatic carbocycles. The van der Waals surface area contributed by atoms with Crippen LogP contribution in [0.1, 0.15) is 80.6 Å². The second-order valence-corrected chi connectivity index (χ2v) is 13.4. The zero-order valence-electron chi connectivity index (χ0n) is 25.7. The molecule has 6 nitrogen and oxygen atoms in total. The second kappa shape index (κ2) is 12.0. The van der Waals surface area contributed by atoms with Crippen LogP contribution in [0.15, 0.2) is 50.1 Å². The number of hydrogen-bond acceptors (Lipinski definition) is 4. The summed E-state index contributed by atoms with van der Waals surface area (Å²) in [5.41, 5.74) is -1.62. The van der Waals surface area contributed by atoms with Gasteiger partial charge in [-0.15, -0.1) is 19.7 Å². The Balaban J connectivity index is 0.000000490. The summed E-state index contributed by atoms with van der Waals surface area (Å²) in [6, 6.07) is 0. The van der Waals surface area contributed by atoms with E-state index in [0.717, 1.165) is 25.7 Å². The van der Waals surface area contributed by atoms with Crippen LogP contribution in [0.5, 0.6) is 0 Å². The lowest BCUT2D eigenvalue weighted by Crippen LogP contribution is -2.57. The Hall–Kier alpha value is -2.76. The Kier molecular flexibility index (Phi) is 9.53. The van der Waals surface area contributed by atoms with Gasteiger partial charge >= 0.3 is 0 Å². The molecular formula is C34H50N2O4. The monoisotopic (exact) mass is 550 g/mol. The van der Waals surface area contributed by atoms with Gasteiger partial charge in [0.1, 0.15) is 0 Å². The highest BCUT2D eigenvalue weighted by atomic mass is 16.2. The molecule has 4 amide bonds. The van der Waals surface area contributed by atoms with E-state index >= 15 is 0 Å². The minimum atomic E-state index is -0.817. The third-order valence-electron chi connectivity index (χ3n) is 9.54. The van der Waals surface area contributed by atoms with Gasteiger partial charge in [0.25, 0.3) is 0 Å². The Morgan fingerprint density at radius 2 is 1.10 bits per heavy atom. The maximum absolute atomic E-state index is 13.5. The van der Waals surface area contributed by atoms with Crippen molar-refractivity contribution in [3.8, 4) is 0 Å². The number of allylic oxidation sites excluding steroid dienone is 5. The third kappa shape index (κ3) is 5.31. The molecule has 2 bridgehead atoms. The molecule has 5 aliphatic rings. The van der Waals surface area contributed by atoms with Gasteiger partial charge in [-0.2, -0.15) is 0 Å². The van der Waals surface area contributed by atoms with Crippen LogP contribution < -0.4 is 0 Å². The second-order valence-electron chi connectivity index (χ2n) is 13.4.